The summed E-state index contributed by atoms with van der Waals surface area (Å²) < 4.78 is 0. The summed E-state index contributed by atoms with van der Waals surface area (Å²) in [6.45, 7) is 11.6. The summed E-state index contributed by atoms with van der Waals surface area (Å²) in [5.74, 6) is 0.793. The Labute approximate surface area is 76.6 Å². The lowest BCUT2D eigenvalue weighted by atomic mass is 10.1. The minimum atomic E-state index is -0.0716. The highest BCUT2D eigenvalue weighted by Gasteiger charge is 2.09. The van der Waals surface area contributed by atoms with E-state index < -0.39 is 0 Å². The third-order valence-electron chi connectivity index (χ3n) is 1.44. The van der Waals surface area contributed by atoms with Crippen molar-refractivity contribution in [3.8, 4) is 0 Å². The lowest BCUT2D eigenvalue weighted by Gasteiger charge is -2.19. The molecule has 0 aromatic rings. The van der Waals surface area contributed by atoms with Gasteiger partial charge in [0, 0.05) is 6.54 Å². The molecule has 0 aliphatic rings. The van der Waals surface area contributed by atoms with Crippen LogP contribution in [-0.2, 0) is 4.84 Å². The summed E-state index contributed by atoms with van der Waals surface area (Å²) in [5, 5.41) is 0. The number of rotatable bonds is 5. The molecule has 0 aliphatic heterocycles. The molecule has 0 aliphatic carbocycles. The predicted octanol–water partition coefficient (Wildman–Crippen LogP) is 2.74. The molecule has 0 saturated heterocycles. The average Bonchev–Trinajstić information content (AvgIpc) is 1.83. The van der Waals surface area contributed by atoms with Crippen molar-refractivity contribution in [2.75, 3.05) is 6.54 Å². The van der Waals surface area contributed by atoms with Crippen LogP contribution < -0.4 is 5.48 Å². The van der Waals surface area contributed by atoms with E-state index >= 15 is 0 Å². The predicted molar refractivity (Wildman–Crippen MR) is 52.9 cm³/mol. The fraction of sp³-hybridized carbons (Fsp3) is 1.00. The Hall–Kier alpha value is -0.0800. The third kappa shape index (κ3) is 9.92. The smallest absolute Gasteiger partial charge is 0.0812 e. The molecule has 0 aromatic heterocycles. The van der Waals surface area contributed by atoms with Crippen LogP contribution in [0.3, 0.4) is 0 Å². The van der Waals surface area contributed by atoms with E-state index in [1.165, 1.54) is 12.8 Å². The number of nitrogens with one attached hydrogen (secondary N) is 1. The van der Waals surface area contributed by atoms with Crippen LogP contribution in [-0.4, -0.2) is 12.1 Å². The standard InChI is InChI=1S/C10H23NO/c1-9(2)7-6-8-11-12-10(3,4)5/h9,11H,6-8H2,1-5H3. The molecular formula is C10H23NO. The van der Waals surface area contributed by atoms with Crippen molar-refractivity contribution in [1.29, 1.82) is 0 Å². The molecule has 74 valence electrons. The highest BCUT2D eigenvalue weighted by molar-refractivity contribution is 4.56. The highest BCUT2D eigenvalue weighted by Crippen LogP contribution is 2.05. The van der Waals surface area contributed by atoms with Crippen LogP contribution in [0.15, 0.2) is 0 Å². The van der Waals surface area contributed by atoms with Crippen molar-refractivity contribution in [3.05, 3.63) is 0 Å². The van der Waals surface area contributed by atoms with Gasteiger partial charge in [0.25, 0.3) is 0 Å². The normalized spacial score (nSPS) is 12.5. The average molecular weight is 173 g/mol. The van der Waals surface area contributed by atoms with Crippen LogP contribution in [0.4, 0.5) is 0 Å². The molecule has 0 radical (unpaired) electrons. The molecule has 2 nitrogen and oxygen atoms in total. The summed E-state index contributed by atoms with van der Waals surface area (Å²) in [5.41, 5.74) is 2.91. The molecule has 0 atom stereocenters. The summed E-state index contributed by atoms with van der Waals surface area (Å²) in [6.07, 6.45) is 2.45. The molecule has 0 fully saturated rings. The molecule has 0 spiro atoms. The minimum Gasteiger partial charge on any atom is -0.296 e. The first-order valence-corrected chi connectivity index (χ1v) is 4.82. The zero-order valence-corrected chi connectivity index (χ0v) is 9.11. The SMILES string of the molecule is CC(C)CCCNOC(C)(C)C. The topological polar surface area (TPSA) is 21.3 Å². The molecule has 0 unspecified atom stereocenters. The molecular weight excluding hydrogens is 150 g/mol. The lowest BCUT2D eigenvalue weighted by Crippen LogP contribution is -2.29. The Morgan fingerprint density at radius 3 is 2.25 bits per heavy atom. The second kappa shape index (κ2) is 5.55. The zero-order valence-electron chi connectivity index (χ0n) is 9.11. The van der Waals surface area contributed by atoms with Gasteiger partial charge in [0.15, 0.2) is 0 Å². The Morgan fingerprint density at radius 2 is 1.83 bits per heavy atom. The van der Waals surface area contributed by atoms with E-state index in [1.54, 1.807) is 0 Å². The van der Waals surface area contributed by atoms with Gasteiger partial charge in [-0.05, 0) is 39.5 Å². The van der Waals surface area contributed by atoms with Crippen LogP contribution in [0.25, 0.3) is 0 Å². The van der Waals surface area contributed by atoms with Crippen LogP contribution in [0.5, 0.6) is 0 Å². The first kappa shape index (κ1) is 11.9. The van der Waals surface area contributed by atoms with Gasteiger partial charge in [-0.2, -0.15) is 0 Å². The van der Waals surface area contributed by atoms with Crippen LogP contribution in [0, 0.1) is 5.92 Å². The summed E-state index contributed by atoms with van der Waals surface area (Å²) in [4.78, 5) is 5.36. The monoisotopic (exact) mass is 173 g/mol. The molecule has 0 heterocycles. The molecule has 0 bridgehead atoms. The maximum absolute atomic E-state index is 5.36. The van der Waals surface area contributed by atoms with Gasteiger partial charge in [-0.1, -0.05) is 13.8 Å². The number of hydroxylamine groups is 1. The lowest BCUT2D eigenvalue weighted by molar-refractivity contribution is -0.0727. The van der Waals surface area contributed by atoms with Crippen molar-refractivity contribution < 1.29 is 4.84 Å². The Morgan fingerprint density at radius 1 is 1.25 bits per heavy atom. The molecule has 1 N–H and O–H groups in total. The van der Waals surface area contributed by atoms with Gasteiger partial charge in [0.2, 0.25) is 0 Å². The van der Waals surface area contributed by atoms with Gasteiger partial charge in [-0.15, -0.1) is 0 Å². The highest BCUT2D eigenvalue weighted by atomic mass is 16.7. The molecule has 0 amide bonds. The number of hydrogen-bond donors (Lipinski definition) is 1. The van der Waals surface area contributed by atoms with E-state index in [0.29, 0.717) is 0 Å². The molecule has 2 heteroatoms. The van der Waals surface area contributed by atoms with E-state index in [2.05, 4.69) is 19.3 Å². The Bertz CT molecular complexity index is 105. The fourth-order valence-electron chi connectivity index (χ4n) is 0.850. The van der Waals surface area contributed by atoms with Crippen LogP contribution >= 0.6 is 0 Å². The maximum atomic E-state index is 5.36. The van der Waals surface area contributed by atoms with Gasteiger partial charge >= 0.3 is 0 Å². The fourth-order valence-corrected chi connectivity index (χ4v) is 0.850. The van der Waals surface area contributed by atoms with Gasteiger partial charge < -0.3 is 0 Å². The Balaban J connectivity index is 3.12. The summed E-state index contributed by atoms with van der Waals surface area (Å²) >= 11 is 0. The maximum Gasteiger partial charge on any atom is 0.0812 e. The van der Waals surface area contributed by atoms with E-state index in [1.807, 2.05) is 20.8 Å². The molecule has 0 saturated carbocycles. The largest absolute Gasteiger partial charge is 0.296 e. The van der Waals surface area contributed by atoms with Crippen LogP contribution in [0.2, 0.25) is 0 Å². The van der Waals surface area contributed by atoms with Gasteiger partial charge in [-0.3, -0.25) is 4.84 Å². The van der Waals surface area contributed by atoms with Crippen molar-refractivity contribution in [2.45, 2.75) is 53.1 Å². The van der Waals surface area contributed by atoms with Gasteiger partial charge in [0.05, 0.1) is 5.60 Å². The van der Waals surface area contributed by atoms with Crippen LogP contribution in [0.1, 0.15) is 47.5 Å². The van der Waals surface area contributed by atoms with E-state index in [-0.39, 0.29) is 5.60 Å². The third-order valence-corrected chi connectivity index (χ3v) is 1.44. The minimum absolute atomic E-state index is 0.0716. The summed E-state index contributed by atoms with van der Waals surface area (Å²) in [7, 11) is 0. The molecule has 0 aromatic carbocycles. The van der Waals surface area contributed by atoms with E-state index in [9.17, 15) is 0 Å². The zero-order chi connectivity index (χ0) is 9.61. The summed E-state index contributed by atoms with van der Waals surface area (Å²) in [6, 6.07) is 0. The van der Waals surface area contributed by atoms with Crippen molar-refractivity contribution in [3.63, 3.8) is 0 Å². The first-order chi connectivity index (χ1) is 5.42. The molecule has 0 rings (SSSR count). The second-order valence-electron chi connectivity index (χ2n) is 4.64. The second-order valence-corrected chi connectivity index (χ2v) is 4.64. The Kier molecular flexibility index (Phi) is 5.51. The van der Waals surface area contributed by atoms with Crippen molar-refractivity contribution >= 4 is 0 Å². The van der Waals surface area contributed by atoms with E-state index in [4.69, 9.17) is 4.84 Å². The van der Waals surface area contributed by atoms with Crippen molar-refractivity contribution in [1.82, 2.24) is 5.48 Å². The number of hydrogen-bond acceptors (Lipinski definition) is 2. The van der Waals surface area contributed by atoms with Gasteiger partial charge in [-0.25, -0.2) is 5.48 Å². The molecule has 12 heavy (non-hydrogen) atoms. The van der Waals surface area contributed by atoms with Gasteiger partial charge in [0.1, 0.15) is 0 Å². The van der Waals surface area contributed by atoms with Crippen molar-refractivity contribution in [2.24, 2.45) is 5.92 Å². The first-order valence-electron chi connectivity index (χ1n) is 4.82. The quantitative estimate of drug-likeness (QED) is 0.510. The van der Waals surface area contributed by atoms with E-state index in [0.717, 1.165) is 12.5 Å².